The molecule has 1 aromatic carbocycles. The summed E-state index contributed by atoms with van der Waals surface area (Å²) in [4.78, 5) is 0. The van der Waals surface area contributed by atoms with Crippen LogP contribution >= 0.6 is 0 Å². The first-order valence-corrected chi connectivity index (χ1v) is 3.84. The average molecular weight is 228 g/mol. The van der Waals surface area contributed by atoms with E-state index in [1.54, 1.807) is 0 Å². The van der Waals surface area contributed by atoms with Crippen LogP contribution < -0.4 is 0 Å². The Bertz CT molecular complexity index is 344. The van der Waals surface area contributed by atoms with Crippen molar-refractivity contribution >= 4 is 0 Å². The molecule has 14 heavy (non-hydrogen) atoms. The molecule has 1 radical (unpaired) electrons. The van der Waals surface area contributed by atoms with E-state index in [4.69, 9.17) is 10.00 Å². The summed E-state index contributed by atoms with van der Waals surface area (Å²) in [6.07, 6.45) is 2.03. The molecule has 0 unspecified atom stereocenters. The van der Waals surface area contributed by atoms with E-state index in [0.29, 0.717) is 18.8 Å². The smallest absolute Gasteiger partial charge is 0.397 e. The van der Waals surface area contributed by atoms with Crippen molar-refractivity contribution in [2.24, 2.45) is 0 Å². The third-order valence-corrected chi connectivity index (χ3v) is 1.95. The van der Waals surface area contributed by atoms with Gasteiger partial charge in [-0.15, -0.1) is 11.6 Å². The summed E-state index contributed by atoms with van der Waals surface area (Å²) in [5, 5.41) is 8.64. The van der Waals surface area contributed by atoms with Gasteiger partial charge in [0.25, 0.3) is 0 Å². The van der Waals surface area contributed by atoms with Gasteiger partial charge in [0.15, 0.2) is 0 Å². The minimum absolute atomic E-state index is 0. The van der Waals surface area contributed by atoms with Gasteiger partial charge in [-0.3, -0.25) is 0 Å². The van der Waals surface area contributed by atoms with E-state index in [2.05, 4.69) is 6.07 Å². The number of fused-ring (bicyclic) bond motifs is 1. The molecule has 2 nitrogen and oxygen atoms in total. The molecule has 0 atom stereocenters. The summed E-state index contributed by atoms with van der Waals surface area (Å²) in [5.74, 6) is 0. The van der Waals surface area contributed by atoms with Crippen molar-refractivity contribution in [1.82, 2.24) is 0 Å². The van der Waals surface area contributed by atoms with E-state index in [1.165, 1.54) is 5.56 Å². The molecule has 0 aliphatic carbocycles. The fourth-order valence-corrected chi connectivity index (χ4v) is 1.32. The Labute approximate surface area is 95.4 Å². The molecule has 0 aromatic heterocycles. The molecule has 1 aliphatic rings. The number of rotatable bonds is 0. The second kappa shape index (κ2) is 5.72. The third kappa shape index (κ3) is 2.52. The minimum Gasteiger partial charge on any atom is -0.397 e. The Hall–Kier alpha value is -0.941. The molecule has 1 aromatic rings. The normalized spacial score (nSPS) is 12.2. The molecule has 0 amide bonds. The molecule has 1 aliphatic heterocycles. The summed E-state index contributed by atoms with van der Waals surface area (Å²) in [5.41, 5.74) is 3.01. The molecule has 2 rings (SSSR count). The first kappa shape index (κ1) is 13.1. The van der Waals surface area contributed by atoms with Gasteiger partial charge in [-0.2, -0.15) is 23.3 Å². The van der Waals surface area contributed by atoms with Gasteiger partial charge in [0, 0.05) is 18.8 Å². The van der Waals surface area contributed by atoms with E-state index in [1.807, 2.05) is 24.6 Å². The molecule has 0 fully saturated rings. The Kier molecular flexibility index (Phi) is 5.33. The van der Waals surface area contributed by atoms with Crippen molar-refractivity contribution in [3.63, 3.8) is 0 Å². The van der Waals surface area contributed by atoms with Gasteiger partial charge < -0.3 is 12.2 Å². The second-order valence-corrected chi connectivity index (χ2v) is 2.74. The molecule has 73 valence electrons. The van der Waals surface area contributed by atoms with Crippen LogP contribution in [0.3, 0.4) is 0 Å². The zero-order valence-electron chi connectivity index (χ0n) is 7.96. The number of hydrogen-bond donors (Lipinski definition) is 0. The van der Waals surface area contributed by atoms with Gasteiger partial charge in [0.2, 0.25) is 0 Å². The first-order valence-electron chi connectivity index (χ1n) is 3.84. The first-order chi connectivity index (χ1) is 5.90. The molecule has 0 spiro atoms. The molecule has 3 heteroatoms. The summed E-state index contributed by atoms with van der Waals surface area (Å²) >= 11 is 0. The van der Waals surface area contributed by atoms with Crippen LogP contribution in [0.4, 0.5) is 0 Å². The average Bonchev–Trinajstić information content (AvgIpc) is 2.17. The fraction of sp³-hybridized carbons (Fsp3) is 0.182. The molecule has 0 saturated carbocycles. The van der Waals surface area contributed by atoms with E-state index in [0.717, 1.165) is 5.56 Å². The fourth-order valence-electron chi connectivity index (χ4n) is 1.32. The second-order valence-electron chi connectivity index (χ2n) is 2.74. The van der Waals surface area contributed by atoms with Gasteiger partial charge in [0.1, 0.15) is 0 Å². The van der Waals surface area contributed by atoms with Gasteiger partial charge >= 0.3 is 17.1 Å². The van der Waals surface area contributed by atoms with Crippen molar-refractivity contribution in [2.45, 2.75) is 6.61 Å². The summed E-state index contributed by atoms with van der Waals surface area (Å²) in [6.45, 7) is 1.31. The van der Waals surface area contributed by atoms with Crippen LogP contribution in [0.25, 0.3) is 0 Å². The zero-order chi connectivity index (χ0) is 8.39. The van der Waals surface area contributed by atoms with Crippen molar-refractivity contribution in [1.29, 1.82) is 5.26 Å². The van der Waals surface area contributed by atoms with Gasteiger partial charge in [0.05, 0.1) is 6.07 Å². The summed E-state index contributed by atoms with van der Waals surface area (Å²) < 4.78 is 5.23. The van der Waals surface area contributed by atoms with Crippen molar-refractivity contribution in [2.75, 3.05) is 6.61 Å². The molecular formula is C11H11MnNO. The third-order valence-electron chi connectivity index (χ3n) is 1.95. The zero-order valence-corrected chi connectivity index (χ0v) is 9.14. The molecular weight excluding hydrogens is 217 g/mol. The molecule has 0 bridgehead atoms. The Morgan fingerprint density at radius 1 is 1.43 bits per heavy atom. The van der Waals surface area contributed by atoms with Crippen LogP contribution in [0.1, 0.15) is 16.7 Å². The number of ether oxygens (including phenoxy) is 1. The van der Waals surface area contributed by atoms with Crippen LogP contribution in [0.2, 0.25) is 0 Å². The standard InChI is InChI=1S/C10H8NO.CH3.Mn/c11-6-8-1-2-9-3-4-12-7-10(9)5-8;;/h1-3,5H,4,7H2;1H3;/q2*-1;+2. The maximum atomic E-state index is 8.64. The monoisotopic (exact) mass is 228 g/mol. The SMILES string of the molecule is N#Cc1ccc2c(c1)COC[CH-]2.[CH3-].[Mn+2]. The molecule has 0 saturated heterocycles. The van der Waals surface area contributed by atoms with Crippen LogP contribution in [-0.4, -0.2) is 6.61 Å². The molecule has 1 heterocycles. The summed E-state index contributed by atoms with van der Waals surface area (Å²) in [7, 11) is 0. The van der Waals surface area contributed by atoms with Crippen LogP contribution in [-0.2, 0) is 28.4 Å². The number of nitrogens with zero attached hydrogens (tertiary/aromatic N) is 1. The predicted octanol–water partition coefficient (Wildman–Crippen LogP) is 2.09. The van der Waals surface area contributed by atoms with Gasteiger partial charge in [-0.1, -0.05) is 6.07 Å². The van der Waals surface area contributed by atoms with Gasteiger partial charge in [-0.25, -0.2) is 0 Å². The molecule has 0 N–H and O–H groups in total. The Morgan fingerprint density at radius 3 is 2.93 bits per heavy atom. The van der Waals surface area contributed by atoms with Crippen LogP contribution in [0.15, 0.2) is 18.2 Å². The number of hydrogen-bond acceptors (Lipinski definition) is 2. The predicted molar refractivity (Wildman–Crippen MR) is 50.6 cm³/mol. The Balaban J connectivity index is 0.000000845. The Morgan fingerprint density at radius 2 is 2.21 bits per heavy atom. The van der Waals surface area contributed by atoms with Crippen LogP contribution in [0.5, 0.6) is 0 Å². The van der Waals surface area contributed by atoms with E-state index in [9.17, 15) is 0 Å². The maximum Gasteiger partial charge on any atom is 2.00 e. The largest absolute Gasteiger partial charge is 2.00 e. The number of nitriles is 1. The summed E-state index contributed by atoms with van der Waals surface area (Å²) in [6, 6.07) is 7.79. The van der Waals surface area contributed by atoms with E-state index >= 15 is 0 Å². The van der Waals surface area contributed by atoms with E-state index < -0.39 is 0 Å². The van der Waals surface area contributed by atoms with Crippen LogP contribution in [0, 0.1) is 25.2 Å². The van der Waals surface area contributed by atoms with E-state index in [-0.39, 0.29) is 24.5 Å². The van der Waals surface area contributed by atoms with Crippen molar-refractivity contribution in [3.8, 4) is 6.07 Å². The van der Waals surface area contributed by atoms with Gasteiger partial charge in [-0.05, 0) is 0 Å². The number of benzene rings is 1. The topological polar surface area (TPSA) is 33.0 Å². The van der Waals surface area contributed by atoms with Crippen molar-refractivity contribution < 1.29 is 21.8 Å². The van der Waals surface area contributed by atoms with Crippen molar-refractivity contribution in [3.05, 3.63) is 48.7 Å². The quantitative estimate of drug-likeness (QED) is 0.503. The minimum atomic E-state index is 0. The maximum absolute atomic E-state index is 8.64.